The van der Waals surface area contributed by atoms with Crippen LogP contribution in [0.5, 0.6) is 0 Å². The van der Waals surface area contributed by atoms with Crippen LogP contribution < -0.4 is 10.6 Å². The molecule has 0 aromatic heterocycles. The lowest BCUT2D eigenvalue weighted by molar-refractivity contribution is -0.154. The molecule has 1 aliphatic carbocycles. The maximum atomic E-state index is 12.4. The molecule has 7 nitrogen and oxygen atoms in total. The standard InChI is InChI=1S/C24H35N3O4/c1-16(2)25-24(30)27-12-10-19(11-13-27)23(29)31-15-22(28)26-17(3)20-9-8-18-6-4-5-7-21(18)14-20/h8-9,14,16-17,19H,4-7,10-13,15H2,1-3H3,(H,25,30)(H,26,28). The Morgan fingerprint density at radius 3 is 2.39 bits per heavy atom. The van der Waals surface area contributed by atoms with E-state index in [9.17, 15) is 14.4 Å². The van der Waals surface area contributed by atoms with Crippen molar-refractivity contribution >= 4 is 17.9 Å². The fraction of sp³-hybridized carbons (Fsp3) is 0.625. The van der Waals surface area contributed by atoms with E-state index in [1.165, 1.54) is 24.0 Å². The van der Waals surface area contributed by atoms with Gasteiger partial charge in [0.25, 0.3) is 5.91 Å². The van der Waals surface area contributed by atoms with Crippen molar-refractivity contribution < 1.29 is 19.1 Å². The normalized spacial score (nSPS) is 17.6. The first kappa shape index (κ1) is 23.1. The van der Waals surface area contributed by atoms with Crippen molar-refractivity contribution in [2.45, 2.75) is 71.4 Å². The Morgan fingerprint density at radius 1 is 1.03 bits per heavy atom. The number of benzene rings is 1. The lowest BCUT2D eigenvalue weighted by Crippen LogP contribution is -2.47. The molecular weight excluding hydrogens is 394 g/mol. The summed E-state index contributed by atoms with van der Waals surface area (Å²) in [4.78, 5) is 38.4. The smallest absolute Gasteiger partial charge is 0.317 e. The minimum atomic E-state index is -0.361. The van der Waals surface area contributed by atoms with Gasteiger partial charge in [-0.25, -0.2) is 4.79 Å². The van der Waals surface area contributed by atoms with E-state index in [2.05, 4.69) is 28.8 Å². The van der Waals surface area contributed by atoms with Crippen LogP contribution >= 0.6 is 0 Å². The van der Waals surface area contributed by atoms with Gasteiger partial charge < -0.3 is 20.3 Å². The molecule has 1 unspecified atom stereocenters. The first-order valence-electron chi connectivity index (χ1n) is 11.5. The predicted molar refractivity (Wildman–Crippen MR) is 119 cm³/mol. The number of urea groups is 1. The summed E-state index contributed by atoms with van der Waals surface area (Å²) in [5.74, 6) is -0.929. The summed E-state index contributed by atoms with van der Waals surface area (Å²) < 4.78 is 5.26. The van der Waals surface area contributed by atoms with Crippen LogP contribution in [0.15, 0.2) is 18.2 Å². The van der Waals surface area contributed by atoms with E-state index < -0.39 is 0 Å². The molecule has 7 heteroatoms. The second kappa shape index (κ2) is 10.6. The number of piperidine rings is 1. The Hall–Kier alpha value is -2.57. The highest BCUT2D eigenvalue weighted by atomic mass is 16.5. The zero-order valence-corrected chi connectivity index (χ0v) is 18.9. The maximum Gasteiger partial charge on any atom is 0.317 e. The topological polar surface area (TPSA) is 87.7 Å². The van der Waals surface area contributed by atoms with E-state index in [1.807, 2.05) is 20.8 Å². The molecule has 1 aromatic rings. The second-order valence-electron chi connectivity index (χ2n) is 9.00. The van der Waals surface area contributed by atoms with Crippen LogP contribution in [0.1, 0.15) is 69.2 Å². The third-order valence-electron chi connectivity index (χ3n) is 6.12. The number of carbonyl (C=O) groups is 3. The number of ether oxygens (including phenoxy) is 1. The molecule has 3 rings (SSSR count). The first-order chi connectivity index (χ1) is 14.8. The van der Waals surface area contributed by atoms with Gasteiger partial charge in [0.1, 0.15) is 0 Å². The molecule has 1 heterocycles. The van der Waals surface area contributed by atoms with Gasteiger partial charge in [0.2, 0.25) is 0 Å². The van der Waals surface area contributed by atoms with E-state index in [1.54, 1.807) is 4.90 Å². The van der Waals surface area contributed by atoms with Crippen molar-refractivity contribution in [2.75, 3.05) is 19.7 Å². The first-order valence-corrected chi connectivity index (χ1v) is 11.5. The van der Waals surface area contributed by atoms with Crippen LogP contribution in [0.2, 0.25) is 0 Å². The van der Waals surface area contributed by atoms with Gasteiger partial charge in [-0.05, 0) is 76.0 Å². The van der Waals surface area contributed by atoms with E-state index in [0.29, 0.717) is 25.9 Å². The summed E-state index contributed by atoms with van der Waals surface area (Å²) >= 11 is 0. The van der Waals surface area contributed by atoms with Crippen LogP contribution in [0, 0.1) is 5.92 Å². The minimum absolute atomic E-state index is 0.0809. The molecule has 2 aliphatic rings. The highest BCUT2D eigenvalue weighted by Crippen LogP contribution is 2.25. The number of hydrogen-bond acceptors (Lipinski definition) is 4. The fourth-order valence-electron chi connectivity index (χ4n) is 4.30. The Labute approximate surface area is 184 Å². The van der Waals surface area contributed by atoms with Crippen molar-refractivity contribution in [3.8, 4) is 0 Å². The molecule has 1 saturated heterocycles. The van der Waals surface area contributed by atoms with Crippen molar-refractivity contribution in [3.63, 3.8) is 0 Å². The molecule has 2 N–H and O–H groups in total. The molecule has 0 saturated carbocycles. The molecule has 1 fully saturated rings. The number of rotatable bonds is 6. The summed E-state index contributed by atoms with van der Waals surface area (Å²) in [5, 5.41) is 5.79. The van der Waals surface area contributed by atoms with Crippen LogP contribution in [0.4, 0.5) is 4.79 Å². The van der Waals surface area contributed by atoms with Gasteiger partial charge in [0, 0.05) is 19.1 Å². The van der Waals surface area contributed by atoms with Crippen LogP contribution in [-0.4, -0.2) is 48.5 Å². The average molecular weight is 430 g/mol. The van der Waals surface area contributed by atoms with Gasteiger partial charge in [0.15, 0.2) is 6.61 Å². The predicted octanol–water partition coefficient (Wildman–Crippen LogP) is 3.12. The third-order valence-corrected chi connectivity index (χ3v) is 6.12. The van der Waals surface area contributed by atoms with Gasteiger partial charge in [-0.15, -0.1) is 0 Å². The minimum Gasteiger partial charge on any atom is -0.455 e. The Bertz CT molecular complexity index is 800. The zero-order chi connectivity index (χ0) is 22.4. The van der Waals surface area contributed by atoms with Crippen LogP contribution in [0.3, 0.4) is 0 Å². The van der Waals surface area contributed by atoms with Crippen molar-refractivity contribution in [3.05, 3.63) is 34.9 Å². The highest BCUT2D eigenvalue weighted by Gasteiger charge is 2.29. The molecule has 1 atom stereocenters. The number of fused-ring (bicyclic) bond motifs is 1. The number of nitrogens with zero attached hydrogens (tertiary/aromatic N) is 1. The number of esters is 1. The molecular formula is C24H35N3O4. The zero-order valence-electron chi connectivity index (χ0n) is 18.9. The van der Waals surface area contributed by atoms with Crippen molar-refractivity contribution in [1.29, 1.82) is 0 Å². The molecule has 170 valence electrons. The van der Waals surface area contributed by atoms with Crippen molar-refractivity contribution in [1.82, 2.24) is 15.5 Å². The molecule has 0 spiro atoms. The van der Waals surface area contributed by atoms with Gasteiger partial charge in [-0.3, -0.25) is 9.59 Å². The number of hydrogen-bond donors (Lipinski definition) is 2. The van der Waals surface area contributed by atoms with Crippen LogP contribution in [-0.2, 0) is 27.2 Å². The summed E-state index contributed by atoms with van der Waals surface area (Å²) in [5.41, 5.74) is 3.87. The molecule has 0 radical (unpaired) electrons. The number of likely N-dealkylation sites (tertiary alicyclic amines) is 1. The van der Waals surface area contributed by atoms with E-state index in [4.69, 9.17) is 4.74 Å². The second-order valence-corrected chi connectivity index (χ2v) is 9.00. The quantitative estimate of drug-likeness (QED) is 0.680. The monoisotopic (exact) mass is 429 g/mol. The van der Waals surface area contributed by atoms with E-state index >= 15 is 0 Å². The summed E-state index contributed by atoms with van der Waals surface area (Å²) in [6.07, 6.45) is 5.80. The SMILES string of the molecule is CC(C)NC(=O)N1CCC(C(=O)OCC(=O)NC(C)c2ccc3c(c2)CCCC3)CC1. The number of nitrogens with one attached hydrogen (secondary N) is 2. The van der Waals surface area contributed by atoms with Gasteiger partial charge in [-0.1, -0.05) is 18.2 Å². The number of aryl methyl sites for hydroxylation is 2. The molecule has 0 bridgehead atoms. The molecule has 1 aliphatic heterocycles. The van der Waals surface area contributed by atoms with Crippen LogP contribution in [0.25, 0.3) is 0 Å². The Kier molecular flexibility index (Phi) is 7.93. The van der Waals surface area contributed by atoms with Gasteiger partial charge >= 0.3 is 12.0 Å². The number of amides is 3. The molecule has 3 amide bonds. The average Bonchev–Trinajstić information content (AvgIpc) is 2.76. The van der Waals surface area contributed by atoms with Crippen molar-refractivity contribution in [2.24, 2.45) is 5.92 Å². The molecule has 1 aromatic carbocycles. The Balaban J connectivity index is 1.40. The third kappa shape index (κ3) is 6.45. The number of carbonyl (C=O) groups excluding carboxylic acids is 3. The summed E-state index contributed by atoms with van der Waals surface area (Å²) in [6.45, 7) is 6.53. The summed E-state index contributed by atoms with van der Waals surface area (Å²) in [6, 6.07) is 6.27. The van der Waals surface area contributed by atoms with E-state index in [-0.39, 0.29) is 42.5 Å². The Morgan fingerprint density at radius 2 is 1.71 bits per heavy atom. The van der Waals surface area contributed by atoms with Gasteiger partial charge in [-0.2, -0.15) is 0 Å². The largest absolute Gasteiger partial charge is 0.455 e. The molecule has 31 heavy (non-hydrogen) atoms. The fourth-order valence-corrected chi connectivity index (χ4v) is 4.30. The lowest BCUT2D eigenvalue weighted by Gasteiger charge is -2.31. The maximum absolute atomic E-state index is 12.4. The lowest BCUT2D eigenvalue weighted by atomic mass is 9.89. The van der Waals surface area contributed by atoms with E-state index in [0.717, 1.165) is 18.4 Å². The van der Waals surface area contributed by atoms with Gasteiger partial charge in [0.05, 0.1) is 12.0 Å². The highest BCUT2D eigenvalue weighted by molar-refractivity contribution is 5.82. The summed E-state index contributed by atoms with van der Waals surface area (Å²) in [7, 11) is 0.